The van der Waals surface area contributed by atoms with Crippen molar-refractivity contribution in [2.45, 2.75) is 19.8 Å². The molecule has 0 unspecified atom stereocenters. The predicted molar refractivity (Wildman–Crippen MR) is 80.8 cm³/mol. The highest BCUT2D eigenvalue weighted by atomic mass is 16.2. The van der Waals surface area contributed by atoms with E-state index in [1.54, 1.807) is 6.08 Å². The fourth-order valence-electron chi connectivity index (χ4n) is 4.75. The zero-order chi connectivity index (χ0) is 14.6. The molecular formula is C18H19NO2. The van der Waals surface area contributed by atoms with Crippen LogP contribution in [-0.4, -0.2) is 18.2 Å². The highest BCUT2D eigenvalue weighted by molar-refractivity contribution is 6.10. The minimum absolute atomic E-state index is 0.117. The second kappa shape index (κ2) is 4.30. The number of hydrogen-bond donors (Lipinski definition) is 0. The van der Waals surface area contributed by atoms with Crippen molar-refractivity contribution in [1.82, 2.24) is 0 Å². The molecular weight excluding hydrogens is 262 g/mol. The van der Waals surface area contributed by atoms with Gasteiger partial charge >= 0.3 is 0 Å². The zero-order valence-electron chi connectivity index (χ0n) is 12.2. The Morgan fingerprint density at radius 1 is 1.24 bits per heavy atom. The van der Waals surface area contributed by atoms with Crippen LogP contribution in [0.5, 0.6) is 0 Å². The van der Waals surface area contributed by atoms with Gasteiger partial charge in [0.1, 0.15) is 0 Å². The largest absolute Gasteiger partial charge is 0.311 e. The van der Waals surface area contributed by atoms with Crippen molar-refractivity contribution in [3.8, 4) is 0 Å². The number of allylic oxidation sites excluding steroid dienone is 1. The Morgan fingerprint density at radius 2 is 2.00 bits per heavy atom. The first kappa shape index (κ1) is 12.8. The number of para-hydroxylation sites is 1. The van der Waals surface area contributed by atoms with Gasteiger partial charge in [0.15, 0.2) is 5.78 Å². The second-order valence-electron chi connectivity index (χ2n) is 6.50. The fourth-order valence-corrected chi connectivity index (χ4v) is 4.75. The maximum Gasteiger partial charge on any atom is 0.238 e. The summed E-state index contributed by atoms with van der Waals surface area (Å²) in [6, 6.07) is 9.82. The number of hydrogen-bond acceptors (Lipinski definition) is 2. The topological polar surface area (TPSA) is 37.4 Å². The van der Waals surface area contributed by atoms with E-state index in [0.717, 1.165) is 25.1 Å². The maximum atomic E-state index is 13.1. The molecule has 3 heteroatoms. The van der Waals surface area contributed by atoms with Gasteiger partial charge in [-0.25, -0.2) is 0 Å². The molecule has 1 aromatic rings. The molecule has 3 nitrogen and oxygen atoms in total. The van der Waals surface area contributed by atoms with E-state index < -0.39 is 5.41 Å². The third-order valence-corrected chi connectivity index (χ3v) is 5.69. The van der Waals surface area contributed by atoms with Gasteiger partial charge in [0.05, 0.1) is 5.41 Å². The Kier molecular flexibility index (Phi) is 2.62. The number of amides is 1. The summed E-state index contributed by atoms with van der Waals surface area (Å²) < 4.78 is 0. The summed E-state index contributed by atoms with van der Waals surface area (Å²) >= 11 is 0. The molecule has 21 heavy (non-hydrogen) atoms. The molecule has 0 radical (unpaired) electrons. The zero-order valence-corrected chi connectivity index (χ0v) is 12.2. The van der Waals surface area contributed by atoms with Gasteiger partial charge in [-0.15, -0.1) is 0 Å². The molecule has 2 fully saturated rings. The van der Waals surface area contributed by atoms with Crippen LogP contribution in [0.4, 0.5) is 5.69 Å². The van der Waals surface area contributed by atoms with E-state index in [-0.39, 0.29) is 23.5 Å². The predicted octanol–water partition coefficient (Wildman–Crippen LogP) is 2.82. The van der Waals surface area contributed by atoms with Crippen LogP contribution >= 0.6 is 0 Å². The smallest absolute Gasteiger partial charge is 0.238 e. The molecule has 4 atom stereocenters. The molecule has 1 saturated heterocycles. The van der Waals surface area contributed by atoms with Crippen molar-refractivity contribution in [2.75, 3.05) is 11.4 Å². The van der Waals surface area contributed by atoms with Crippen molar-refractivity contribution in [3.63, 3.8) is 0 Å². The van der Waals surface area contributed by atoms with Crippen molar-refractivity contribution in [1.29, 1.82) is 0 Å². The van der Waals surface area contributed by atoms with Crippen LogP contribution in [0.25, 0.3) is 0 Å². The third kappa shape index (κ3) is 1.49. The van der Waals surface area contributed by atoms with Crippen molar-refractivity contribution < 1.29 is 9.59 Å². The van der Waals surface area contributed by atoms with E-state index in [1.165, 1.54) is 0 Å². The number of benzene rings is 1. The molecule has 4 rings (SSSR count). The maximum absolute atomic E-state index is 13.1. The minimum atomic E-state index is -0.548. The second-order valence-corrected chi connectivity index (χ2v) is 6.50. The number of anilines is 1. The van der Waals surface area contributed by atoms with Crippen LogP contribution in [-0.2, 0) is 9.59 Å². The van der Waals surface area contributed by atoms with Crippen molar-refractivity contribution >= 4 is 17.4 Å². The molecule has 0 aromatic heterocycles. The standard InChI is InChI=1S/C18H19NO2/c1-2-12-10-13-11-19(14-6-4-3-5-7-14)17(21)18(13)9-8-15(20)16(12)18/h3-9,12-13,16H,2,10-11H2,1H3/t12-,13+,16+,18-/m0/s1. The molecule has 1 saturated carbocycles. The molecule has 0 bridgehead atoms. The molecule has 108 valence electrons. The summed E-state index contributed by atoms with van der Waals surface area (Å²) in [6.07, 6.45) is 5.55. The van der Waals surface area contributed by atoms with Gasteiger partial charge in [0.25, 0.3) is 0 Å². The summed E-state index contributed by atoms with van der Waals surface area (Å²) in [7, 11) is 0. The van der Waals surface area contributed by atoms with Gasteiger partial charge in [0.2, 0.25) is 5.91 Å². The van der Waals surface area contributed by atoms with Gasteiger partial charge in [-0.05, 0) is 36.5 Å². The molecule has 0 N–H and O–H groups in total. The van der Waals surface area contributed by atoms with Gasteiger partial charge in [-0.1, -0.05) is 37.6 Å². The molecule has 2 aliphatic carbocycles. The van der Waals surface area contributed by atoms with Crippen LogP contribution < -0.4 is 4.90 Å². The lowest BCUT2D eigenvalue weighted by molar-refractivity contribution is -0.131. The SMILES string of the molecule is CC[C@H]1C[C@@H]2CN(c3ccccc3)C(=O)[C@@]23C=CC(=O)[C@@H]13. The lowest BCUT2D eigenvalue weighted by Gasteiger charge is -2.27. The molecule has 1 amide bonds. The Bertz CT molecular complexity index is 636. The molecule has 1 heterocycles. The normalized spacial score (nSPS) is 37.2. The Morgan fingerprint density at radius 3 is 2.71 bits per heavy atom. The van der Waals surface area contributed by atoms with Gasteiger partial charge in [0, 0.05) is 18.2 Å². The van der Waals surface area contributed by atoms with Gasteiger partial charge in [-0.3, -0.25) is 9.59 Å². The van der Waals surface area contributed by atoms with Crippen LogP contribution in [0.2, 0.25) is 0 Å². The van der Waals surface area contributed by atoms with E-state index in [9.17, 15) is 9.59 Å². The lowest BCUT2D eigenvalue weighted by Crippen LogP contribution is -2.39. The van der Waals surface area contributed by atoms with E-state index in [0.29, 0.717) is 5.92 Å². The summed E-state index contributed by atoms with van der Waals surface area (Å²) in [5.41, 5.74) is 0.402. The van der Waals surface area contributed by atoms with Crippen LogP contribution in [0.1, 0.15) is 19.8 Å². The van der Waals surface area contributed by atoms with Crippen LogP contribution in [0.3, 0.4) is 0 Å². The Balaban J connectivity index is 1.76. The highest BCUT2D eigenvalue weighted by Gasteiger charge is 2.66. The minimum Gasteiger partial charge on any atom is -0.311 e. The summed E-state index contributed by atoms with van der Waals surface area (Å²) in [4.78, 5) is 27.3. The number of nitrogens with zero attached hydrogens (tertiary/aromatic N) is 1. The van der Waals surface area contributed by atoms with Crippen molar-refractivity contribution in [3.05, 3.63) is 42.5 Å². The highest BCUT2D eigenvalue weighted by Crippen LogP contribution is 2.60. The van der Waals surface area contributed by atoms with E-state index in [2.05, 4.69) is 6.92 Å². The first-order chi connectivity index (χ1) is 10.2. The summed E-state index contributed by atoms with van der Waals surface area (Å²) in [5.74, 6) is 0.810. The third-order valence-electron chi connectivity index (χ3n) is 5.69. The average molecular weight is 281 g/mol. The average Bonchev–Trinajstić information content (AvgIpc) is 3.10. The fraction of sp³-hybridized carbons (Fsp3) is 0.444. The van der Waals surface area contributed by atoms with E-state index in [4.69, 9.17) is 0 Å². The lowest BCUT2D eigenvalue weighted by atomic mass is 9.74. The summed E-state index contributed by atoms with van der Waals surface area (Å²) in [5, 5.41) is 0. The molecule has 3 aliphatic rings. The quantitative estimate of drug-likeness (QED) is 0.836. The summed E-state index contributed by atoms with van der Waals surface area (Å²) in [6.45, 7) is 2.87. The van der Waals surface area contributed by atoms with Gasteiger partial charge < -0.3 is 4.90 Å². The van der Waals surface area contributed by atoms with Crippen LogP contribution in [0, 0.1) is 23.2 Å². The number of carbonyl (C=O) groups excluding carboxylic acids is 2. The number of ketones is 1. The van der Waals surface area contributed by atoms with Crippen molar-refractivity contribution in [2.24, 2.45) is 23.2 Å². The Hall–Kier alpha value is -1.90. The monoisotopic (exact) mass is 281 g/mol. The van der Waals surface area contributed by atoms with Crippen LogP contribution in [0.15, 0.2) is 42.5 Å². The number of carbonyl (C=O) groups is 2. The molecule has 1 spiro atoms. The first-order valence-corrected chi connectivity index (χ1v) is 7.78. The Labute approximate surface area is 124 Å². The molecule has 1 aromatic carbocycles. The number of rotatable bonds is 2. The molecule has 1 aliphatic heterocycles. The first-order valence-electron chi connectivity index (χ1n) is 7.78. The van der Waals surface area contributed by atoms with E-state index >= 15 is 0 Å². The van der Waals surface area contributed by atoms with E-state index in [1.807, 2.05) is 41.3 Å². The van der Waals surface area contributed by atoms with Gasteiger partial charge in [-0.2, -0.15) is 0 Å².